The molecule has 2 fully saturated rings. The van der Waals surface area contributed by atoms with Crippen molar-refractivity contribution in [2.45, 2.75) is 45.4 Å². The van der Waals surface area contributed by atoms with Gasteiger partial charge in [-0.15, -0.1) is 11.3 Å². The molecule has 1 aromatic heterocycles. The second-order valence-corrected chi connectivity index (χ2v) is 9.15. The number of nitrogens with one attached hydrogen (secondary N) is 1. The topological polar surface area (TPSA) is 41.6 Å². The monoisotopic (exact) mass is 386 g/mol. The molecule has 3 rings (SSSR count). The zero-order valence-electron chi connectivity index (χ0n) is 13.4. The standard InChI is InChI=1S/C16H23BrN2O2S/c1-9(13-5-10(17)8-22-13)18-14-11-6-19(7-12(11)14)15(20)21-16(2,3)4/h5,8-9,11-12,14,18H,6-7H2,1-4H3. The van der Waals surface area contributed by atoms with Crippen molar-refractivity contribution < 1.29 is 9.53 Å². The van der Waals surface area contributed by atoms with Crippen molar-refractivity contribution in [3.63, 3.8) is 0 Å². The number of piperidine rings is 1. The molecule has 0 spiro atoms. The molecule has 22 heavy (non-hydrogen) atoms. The molecule has 4 nitrogen and oxygen atoms in total. The lowest BCUT2D eigenvalue weighted by molar-refractivity contribution is 0.0269. The number of hydrogen-bond donors (Lipinski definition) is 1. The van der Waals surface area contributed by atoms with Gasteiger partial charge in [-0.3, -0.25) is 0 Å². The van der Waals surface area contributed by atoms with Gasteiger partial charge >= 0.3 is 6.09 Å². The molecule has 122 valence electrons. The van der Waals surface area contributed by atoms with E-state index in [1.807, 2.05) is 25.7 Å². The minimum absolute atomic E-state index is 0.173. The summed E-state index contributed by atoms with van der Waals surface area (Å²) in [6, 6.07) is 3.07. The largest absolute Gasteiger partial charge is 0.444 e. The van der Waals surface area contributed by atoms with Crippen LogP contribution in [0.25, 0.3) is 0 Å². The van der Waals surface area contributed by atoms with Crippen LogP contribution in [-0.2, 0) is 4.74 Å². The molecule has 3 unspecified atom stereocenters. The van der Waals surface area contributed by atoms with Crippen molar-refractivity contribution in [1.29, 1.82) is 0 Å². The lowest BCUT2D eigenvalue weighted by Gasteiger charge is -2.26. The van der Waals surface area contributed by atoms with Crippen LogP contribution in [0.3, 0.4) is 0 Å². The maximum atomic E-state index is 12.1. The van der Waals surface area contributed by atoms with E-state index in [0.717, 1.165) is 17.6 Å². The van der Waals surface area contributed by atoms with Gasteiger partial charge in [0.25, 0.3) is 0 Å². The fraction of sp³-hybridized carbons (Fsp3) is 0.688. The number of thiophene rings is 1. The van der Waals surface area contributed by atoms with Crippen molar-refractivity contribution in [2.24, 2.45) is 11.8 Å². The average Bonchev–Trinajstić information content (AvgIpc) is 2.83. The second-order valence-electron chi connectivity index (χ2n) is 7.29. The lowest BCUT2D eigenvalue weighted by Crippen LogP contribution is -2.39. The van der Waals surface area contributed by atoms with Gasteiger partial charge in [-0.1, -0.05) is 0 Å². The Kier molecular flexibility index (Phi) is 4.29. The molecule has 0 aromatic carbocycles. The minimum atomic E-state index is -0.414. The number of ether oxygens (including phenoxy) is 1. The number of nitrogens with zero attached hydrogens (tertiary/aromatic N) is 1. The van der Waals surface area contributed by atoms with Gasteiger partial charge in [0.1, 0.15) is 5.60 Å². The molecule has 0 bridgehead atoms. The second kappa shape index (κ2) is 5.80. The highest BCUT2D eigenvalue weighted by atomic mass is 79.9. The summed E-state index contributed by atoms with van der Waals surface area (Å²) >= 11 is 5.28. The zero-order valence-corrected chi connectivity index (χ0v) is 15.8. The number of carbonyl (C=O) groups excluding carboxylic acids is 1. The summed E-state index contributed by atoms with van der Waals surface area (Å²) in [5.74, 6) is 1.16. The smallest absolute Gasteiger partial charge is 0.410 e. The summed E-state index contributed by atoms with van der Waals surface area (Å²) in [7, 11) is 0. The van der Waals surface area contributed by atoms with Gasteiger partial charge in [-0.25, -0.2) is 4.79 Å². The van der Waals surface area contributed by atoms with E-state index >= 15 is 0 Å². The van der Waals surface area contributed by atoms with E-state index in [1.165, 1.54) is 4.88 Å². The van der Waals surface area contributed by atoms with Crippen molar-refractivity contribution in [3.8, 4) is 0 Å². The van der Waals surface area contributed by atoms with E-state index in [0.29, 0.717) is 23.9 Å². The highest BCUT2D eigenvalue weighted by Gasteiger charge is 2.57. The van der Waals surface area contributed by atoms with Crippen molar-refractivity contribution in [2.75, 3.05) is 13.1 Å². The van der Waals surface area contributed by atoms with E-state index in [2.05, 4.69) is 39.6 Å². The van der Waals surface area contributed by atoms with Crippen LogP contribution in [0.15, 0.2) is 15.9 Å². The molecular formula is C16H23BrN2O2S. The molecule has 1 N–H and O–H groups in total. The first-order valence-electron chi connectivity index (χ1n) is 7.72. The molecule has 1 amide bonds. The summed E-state index contributed by atoms with van der Waals surface area (Å²) in [5, 5.41) is 5.82. The van der Waals surface area contributed by atoms with Crippen molar-refractivity contribution in [1.82, 2.24) is 10.2 Å². The third-order valence-electron chi connectivity index (χ3n) is 4.30. The Bertz CT molecular complexity index is 557. The van der Waals surface area contributed by atoms with Gasteiger partial charge in [0.2, 0.25) is 0 Å². The van der Waals surface area contributed by atoms with Crippen LogP contribution in [0.5, 0.6) is 0 Å². The fourth-order valence-electron chi connectivity index (χ4n) is 3.18. The van der Waals surface area contributed by atoms with Gasteiger partial charge in [0.15, 0.2) is 0 Å². The minimum Gasteiger partial charge on any atom is -0.444 e. The Morgan fingerprint density at radius 3 is 2.59 bits per heavy atom. The van der Waals surface area contributed by atoms with Crippen LogP contribution in [0.4, 0.5) is 4.79 Å². The third kappa shape index (κ3) is 3.49. The number of halogens is 1. The summed E-state index contributed by atoms with van der Waals surface area (Å²) in [5.41, 5.74) is -0.414. The van der Waals surface area contributed by atoms with Crippen LogP contribution in [-0.4, -0.2) is 35.7 Å². The molecule has 3 atom stereocenters. The fourth-order valence-corrected chi connectivity index (χ4v) is 4.64. The summed E-state index contributed by atoms with van der Waals surface area (Å²) in [4.78, 5) is 15.3. The Labute approximate surface area is 144 Å². The first-order valence-corrected chi connectivity index (χ1v) is 9.40. The Balaban J connectivity index is 1.48. The average molecular weight is 387 g/mol. The zero-order chi connectivity index (χ0) is 16.1. The molecule has 6 heteroatoms. The van der Waals surface area contributed by atoms with E-state index in [1.54, 1.807) is 11.3 Å². The van der Waals surface area contributed by atoms with Gasteiger partial charge in [0.05, 0.1) is 0 Å². The summed E-state index contributed by atoms with van der Waals surface area (Å²) in [6.45, 7) is 9.57. The van der Waals surface area contributed by atoms with Crippen LogP contribution >= 0.6 is 27.3 Å². The Hall–Kier alpha value is -0.590. The van der Waals surface area contributed by atoms with E-state index < -0.39 is 5.60 Å². The molecule has 1 saturated heterocycles. The molecule has 1 aromatic rings. The Morgan fingerprint density at radius 1 is 1.45 bits per heavy atom. The highest BCUT2D eigenvalue weighted by Crippen LogP contribution is 2.47. The van der Waals surface area contributed by atoms with E-state index in [9.17, 15) is 4.79 Å². The third-order valence-corrected chi connectivity index (χ3v) is 6.18. The normalized spacial score (nSPS) is 28.4. The van der Waals surface area contributed by atoms with Gasteiger partial charge in [0, 0.05) is 39.9 Å². The molecule has 0 radical (unpaired) electrons. The molecule has 2 heterocycles. The number of amides is 1. The van der Waals surface area contributed by atoms with E-state index in [-0.39, 0.29) is 6.09 Å². The molecule has 2 aliphatic rings. The maximum absolute atomic E-state index is 12.1. The van der Waals surface area contributed by atoms with Gasteiger partial charge in [-0.05, 0) is 61.5 Å². The van der Waals surface area contributed by atoms with Crippen LogP contribution in [0, 0.1) is 11.8 Å². The van der Waals surface area contributed by atoms with Crippen LogP contribution in [0.2, 0.25) is 0 Å². The number of fused-ring (bicyclic) bond motifs is 1. The molecule has 1 aliphatic carbocycles. The van der Waals surface area contributed by atoms with Crippen molar-refractivity contribution in [3.05, 3.63) is 20.8 Å². The van der Waals surface area contributed by atoms with Crippen molar-refractivity contribution >= 4 is 33.4 Å². The lowest BCUT2D eigenvalue weighted by atomic mass is 10.2. The highest BCUT2D eigenvalue weighted by molar-refractivity contribution is 9.10. The van der Waals surface area contributed by atoms with E-state index in [4.69, 9.17) is 4.74 Å². The SMILES string of the molecule is CC(NC1C2CN(C(=O)OC(C)(C)C)CC21)c1cc(Br)cs1. The quantitative estimate of drug-likeness (QED) is 0.852. The molecule has 1 aliphatic heterocycles. The number of hydrogen-bond acceptors (Lipinski definition) is 4. The summed E-state index contributed by atoms with van der Waals surface area (Å²) in [6.07, 6.45) is -0.173. The Morgan fingerprint density at radius 2 is 2.09 bits per heavy atom. The predicted molar refractivity (Wildman–Crippen MR) is 92.1 cm³/mol. The van der Waals surface area contributed by atoms with Gasteiger partial charge in [-0.2, -0.15) is 0 Å². The van der Waals surface area contributed by atoms with Crippen LogP contribution in [0.1, 0.15) is 38.6 Å². The number of likely N-dealkylation sites (tertiary alicyclic amines) is 1. The number of rotatable bonds is 3. The maximum Gasteiger partial charge on any atom is 0.410 e. The summed E-state index contributed by atoms with van der Waals surface area (Å²) < 4.78 is 6.59. The molecular weight excluding hydrogens is 364 g/mol. The predicted octanol–water partition coefficient (Wildman–Crippen LogP) is 4.03. The molecule has 1 saturated carbocycles. The first kappa shape index (κ1) is 16.3. The van der Waals surface area contributed by atoms with Gasteiger partial charge < -0.3 is 15.0 Å². The first-order chi connectivity index (χ1) is 10.2. The number of carbonyl (C=O) groups is 1. The van der Waals surface area contributed by atoms with Crippen LogP contribution < -0.4 is 5.32 Å².